The fraction of sp³-hybridized carbons (Fsp3) is 0.941. The van der Waals surface area contributed by atoms with Gasteiger partial charge in [-0.15, -0.1) is 0 Å². The number of hydrogen-bond acceptors (Lipinski definition) is 6. The largest absolute Gasteiger partial charge is 0.462 e. The molecule has 6 heteroatoms. The van der Waals surface area contributed by atoms with E-state index in [0.29, 0.717) is 19.3 Å². The van der Waals surface area contributed by atoms with Gasteiger partial charge in [0.25, 0.3) is 0 Å². The van der Waals surface area contributed by atoms with Crippen LogP contribution in [-0.4, -0.2) is 37.2 Å². The Hall–Kier alpha value is -1.59. The predicted octanol–water partition coefficient (Wildman–Crippen LogP) is 16.1. The van der Waals surface area contributed by atoms with Crippen molar-refractivity contribution in [1.29, 1.82) is 0 Å². The van der Waals surface area contributed by atoms with Crippen molar-refractivity contribution in [3.8, 4) is 0 Å². The fourth-order valence-corrected chi connectivity index (χ4v) is 7.60. The van der Waals surface area contributed by atoms with Crippen molar-refractivity contribution < 1.29 is 28.6 Å². The third kappa shape index (κ3) is 43.8. The summed E-state index contributed by atoms with van der Waals surface area (Å²) in [5.74, 6) is 0.808. The van der Waals surface area contributed by atoms with Crippen LogP contribution in [0.3, 0.4) is 0 Å². The minimum Gasteiger partial charge on any atom is -0.462 e. The van der Waals surface area contributed by atoms with Crippen molar-refractivity contribution in [2.75, 3.05) is 13.2 Å². The Balaban J connectivity index is 4.21. The zero-order valence-corrected chi connectivity index (χ0v) is 39.0. The Morgan fingerprint density at radius 2 is 0.667 bits per heavy atom. The summed E-state index contributed by atoms with van der Waals surface area (Å²) in [7, 11) is 0. The van der Waals surface area contributed by atoms with Crippen molar-refractivity contribution in [3.63, 3.8) is 0 Å². The normalized spacial score (nSPS) is 12.5. The fourth-order valence-electron chi connectivity index (χ4n) is 7.60. The standard InChI is InChI=1S/C51H98O6/c1-6-8-9-10-11-12-22-25-31-36-41-49(52)55-44-48(57-51(54)43-38-33-28-27-30-35-40-47(5)7-2)45-56-50(53)42-37-32-26-23-20-18-16-14-13-15-17-19-21-24-29-34-39-46(3)4/h46-48H,6-45H2,1-5H3/t47?,48-/m0/s1. The molecule has 0 spiro atoms. The number of hydrogen-bond donors (Lipinski definition) is 0. The highest BCUT2D eigenvalue weighted by molar-refractivity contribution is 5.71. The molecule has 0 aliphatic heterocycles. The molecule has 0 radical (unpaired) electrons. The monoisotopic (exact) mass is 807 g/mol. The van der Waals surface area contributed by atoms with E-state index in [4.69, 9.17) is 14.2 Å². The van der Waals surface area contributed by atoms with Gasteiger partial charge in [0.15, 0.2) is 6.10 Å². The molecule has 0 heterocycles. The first-order valence-electron chi connectivity index (χ1n) is 25.3. The Kier molecular flexibility index (Phi) is 42.7. The maximum absolute atomic E-state index is 12.7. The molecule has 0 N–H and O–H groups in total. The van der Waals surface area contributed by atoms with Crippen LogP contribution in [0.25, 0.3) is 0 Å². The summed E-state index contributed by atoms with van der Waals surface area (Å²) in [6, 6.07) is 0. The number of esters is 3. The van der Waals surface area contributed by atoms with E-state index in [9.17, 15) is 14.4 Å². The first-order chi connectivity index (χ1) is 27.8. The number of rotatable bonds is 45. The molecule has 57 heavy (non-hydrogen) atoms. The van der Waals surface area contributed by atoms with E-state index >= 15 is 0 Å². The van der Waals surface area contributed by atoms with Crippen molar-refractivity contribution in [1.82, 2.24) is 0 Å². The second kappa shape index (κ2) is 44.0. The summed E-state index contributed by atoms with van der Waals surface area (Å²) in [6.45, 7) is 11.3. The molecule has 2 atom stereocenters. The number of carbonyl (C=O) groups excluding carboxylic acids is 3. The first-order valence-corrected chi connectivity index (χ1v) is 25.3. The van der Waals surface area contributed by atoms with E-state index < -0.39 is 6.10 Å². The van der Waals surface area contributed by atoms with Gasteiger partial charge in [0, 0.05) is 19.3 Å². The zero-order chi connectivity index (χ0) is 41.9. The van der Waals surface area contributed by atoms with Crippen molar-refractivity contribution in [3.05, 3.63) is 0 Å². The number of unbranched alkanes of at least 4 members (excludes halogenated alkanes) is 29. The lowest BCUT2D eigenvalue weighted by Crippen LogP contribution is -2.30. The van der Waals surface area contributed by atoms with Crippen LogP contribution in [0.15, 0.2) is 0 Å². The van der Waals surface area contributed by atoms with Gasteiger partial charge in [-0.05, 0) is 31.1 Å². The Morgan fingerprint density at radius 3 is 1.00 bits per heavy atom. The van der Waals surface area contributed by atoms with Crippen LogP contribution in [0.2, 0.25) is 0 Å². The SMILES string of the molecule is CCCCCCCCCCCCC(=O)OC[C@@H](COC(=O)CCCCCCCCCCCCCCCCCCC(C)C)OC(=O)CCCCCCCCC(C)CC. The van der Waals surface area contributed by atoms with Crippen LogP contribution in [0, 0.1) is 11.8 Å². The van der Waals surface area contributed by atoms with E-state index in [0.717, 1.165) is 69.6 Å². The van der Waals surface area contributed by atoms with Crippen LogP contribution in [0.1, 0.15) is 279 Å². The topological polar surface area (TPSA) is 78.9 Å². The molecular weight excluding hydrogens is 709 g/mol. The van der Waals surface area contributed by atoms with Gasteiger partial charge < -0.3 is 14.2 Å². The number of ether oxygens (including phenoxy) is 3. The van der Waals surface area contributed by atoms with Crippen LogP contribution in [0.5, 0.6) is 0 Å². The summed E-state index contributed by atoms with van der Waals surface area (Å²) < 4.78 is 16.8. The van der Waals surface area contributed by atoms with Gasteiger partial charge in [-0.2, -0.15) is 0 Å². The maximum atomic E-state index is 12.7. The zero-order valence-electron chi connectivity index (χ0n) is 39.0. The average molecular weight is 807 g/mol. The third-order valence-corrected chi connectivity index (χ3v) is 11.8. The van der Waals surface area contributed by atoms with Crippen LogP contribution in [-0.2, 0) is 28.6 Å². The lowest BCUT2D eigenvalue weighted by Gasteiger charge is -2.18. The molecular formula is C51H98O6. The van der Waals surface area contributed by atoms with Crippen LogP contribution >= 0.6 is 0 Å². The van der Waals surface area contributed by atoms with Gasteiger partial charge in [-0.3, -0.25) is 14.4 Å². The molecule has 0 aliphatic rings. The van der Waals surface area contributed by atoms with Crippen LogP contribution < -0.4 is 0 Å². The van der Waals surface area contributed by atoms with Gasteiger partial charge >= 0.3 is 17.9 Å². The van der Waals surface area contributed by atoms with Gasteiger partial charge in [-0.25, -0.2) is 0 Å². The molecule has 1 unspecified atom stereocenters. The summed E-state index contributed by atoms with van der Waals surface area (Å²) in [4.78, 5) is 37.8. The van der Waals surface area contributed by atoms with Crippen molar-refractivity contribution in [2.24, 2.45) is 11.8 Å². The maximum Gasteiger partial charge on any atom is 0.306 e. The van der Waals surface area contributed by atoms with Gasteiger partial charge in [0.1, 0.15) is 13.2 Å². The van der Waals surface area contributed by atoms with E-state index in [1.54, 1.807) is 0 Å². The summed E-state index contributed by atoms with van der Waals surface area (Å²) in [6.07, 6.45) is 43.8. The minimum atomic E-state index is -0.761. The molecule has 0 aromatic carbocycles. The quantitative estimate of drug-likeness (QED) is 0.0346. The third-order valence-electron chi connectivity index (χ3n) is 11.8. The molecule has 0 aromatic rings. The Bertz CT molecular complexity index is 872. The smallest absolute Gasteiger partial charge is 0.306 e. The van der Waals surface area contributed by atoms with Gasteiger partial charge in [-0.1, -0.05) is 240 Å². The highest BCUT2D eigenvalue weighted by atomic mass is 16.6. The molecule has 6 nitrogen and oxygen atoms in total. The van der Waals surface area contributed by atoms with E-state index in [1.807, 2.05) is 0 Å². The molecule has 0 aliphatic carbocycles. The first kappa shape index (κ1) is 55.4. The molecule has 0 aromatic heterocycles. The second-order valence-electron chi connectivity index (χ2n) is 18.2. The molecule has 0 rings (SSSR count). The Labute approximate surface area is 355 Å². The summed E-state index contributed by atoms with van der Waals surface area (Å²) >= 11 is 0. The van der Waals surface area contributed by atoms with Gasteiger partial charge in [0.2, 0.25) is 0 Å². The summed E-state index contributed by atoms with van der Waals surface area (Å²) in [5.41, 5.74) is 0. The van der Waals surface area contributed by atoms with E-state index in [1.165, 1.54) is 167 Å². The molecule has 0 amide bonds. The van der Waals surface area contributed by atoms with E-state index in [-0.39, 0.29) is 31.1 Å². The molecule has 338 valence electrons. The lowest BCUT2D eigenvalue weighted by atomic mass is 10.00. The minimum absolute atomic E-state index is 0.0647. The molecule has 0 saturated carbocycles. The molecule has 0 bridgehead atoms. The average Bonchev–Trinajstić information content (AvgIpc) is 3.19. The molecule has 0 saturated heterocycles. The highest BCUT2D eigenvalue weighted by Crippen LogP contribution is 2.18. The van der Waals surface area contributed by atoms with Crippen molar-refractivity contribution in [2.45, 2.75) is 285 Å². The molecule has 0 fully saturated rings. The number of carbonyl (C=O) groups is 3. The summed E-state index contributed by atoms with van der Waals surface area (Å²) in [5, 5.41) is 0. The van der Waals surface area contributed by atoms with E-state index in [2.05, 4.69) is 34.6 Å². The van der Waals surface area contributed by atoms with Crippen LogP contribution in [0.4, 0.5) is 0 Å². The second-order valence-corrected chi connectivity index (χ2v) is 18.2. The van der Waals surface area contributed by atoms with Crippen molar-refractivity contribution >= 4 is 17.9 Å². The Morgan fingerprint density at radius 1 is 0.368 bits per heavy atom. The highest BCUT2D eigenvalue weighted by Gasteiger charge is 2.19. The predicted molar refractivity (Wildman–Crippen MR) is 243 cm³/mol. The van der Waals surface area contributed by atoms with Gasteiger partial charge in [0.05, 0.1) is 0 Å². The lowest BCUT2D eigenvalue weighted by molar-refractivity contribution is -0.167.